The normalized spacial score (nSPS) is 17.4. The highest BCUT2D eigenvalue weighted by atomic mass is 16.5. The molecule has 1 aliphatic rings. The number of hydrogen-bond acceptors (Lipinski definition) is 5. The lowest BCUT2D eigenvalue weighted by molar-refractivity contribution is 0.0130. The van der Waals surface area contributed by atoms with Gasteiger partial charge in [-0.2, -0.15) is 0 Å². The standard InChI is InChI=1S/C21H34N2O4/c1-17-7-6-8-18(13-17)20(25)23-21(9-4-3-5-10-21)16-22-14-19(24)15-27-12-11-26-2/h6-8,13,19,22,24H,3-5,9-12,14-16H2,1-2H3,(H,23,25). The number of methoxy groups -OCH3 is 1. The van der Waals surface area contributed by atoms with E-state index in [1.54, 1.807) is 7.11 Å². The van der Waals surface area contributed by atoms with Crippen molar-refractivity contribution in [3.8, 4) is 0 Å². The van der Waals surface area contributed by atoms with Gasteiger partial charge in [0, 0.05) is 25.8 Å². The fourth-order valence-electron chi connectivity index (χ4n) is 3.57. The number of aliphatic hydroxyl groups is 1. The van der Waals surface area contributed by atoms with E-state index in [-0.39, 0.29) is 18.1 Å². The maximum absolute atomic E-state index is 12.8. The van der Waals surface area contributed by atoms with Crippen LogP contribution in [0.2, 0.25) is 0 Å². The molecular formula is C21H34N2O4. The molecule has 1 fully saturated rings. The van der Waals surface area contributed by atoms with Gasteiger partial charge < -0.3 is 25.2 Å². The third kappa shape index (κ3) is 7.58. The molecule has 1 atom stereocenters. The summed E-state index contributed by atoms with van der Waals surface area (Å²) in [4.78, 5) is 12.8. The van der Waals surface area contributed by atoms with Crippen molar-refractivity contribution < 1.29 is 19.4 Å². The Morgan fingerprint density at radius 1 is 1.26 bits per heavy atom. The average molecular weight is 379 g/mol. The number of aryl methyl sites for hydroxylation is 1. The van der Waals surface area contributed by atoms with Crippen molar-refractivity contribution in [2.45, 2.75) is 50.7 Å². The van der Waals surface area contributed by atoms with Crippen molar-refractivity contribution in [2.75, 3.05) is 40.0 Å². The molecule has 3 N–H and O–H groups in total. The maximum Gasteiger partial charge on any atom is 0.251 e. The summed E-state index contributed by atoms with van der Waals surface area (Å²) >= 11 is 0. The van der Waals surface area contributed by atoms with Crippen LogP contribution in [0.5, 0.6) is 0 Å². The highest BCUT2D eigenvalue weighted by Gasteiger charge is 2.33. The summed E-state index contributed by atoms with van der Waals surface area (Å²) in [6, 6.07) is 7.68. The summed E-state index contributed by atoms with van der Waals surface area (Å²) in [5.41, 5.74) is 1.52. The molecular weight excluding hydrogens is 344 g/mol. The lowest BCUT2D eigenvalue weighted by atomic mass is 9.81. The summed E-state index contributed by atoms with van der Waals surface area (Å²) in [6.45, 7) is 4.36. The zero-order valence-corrected chi connectivity index (χ0v) is 16.6. The number of hydrogen-bond donors (Lipinski definition) is 3. The molecule has 0 radical (unpaired) electrons. The predicted molar refractivity (Wildman–Crippen MR) is 106 cm³/mol. The van der Waals surface area contributed by atoms with E-state index >= 15 is 0 Å². The van der Waals surface area contributed by atoms with Crippen LogP contribution in [0.4, 0.5) is 0 Å². The van der Waals surface area contributed by atoms with Crippen LogP contribution >= 0.6 is 0 Å². The molecule has 0 heterocycles. The Kier molecular flexibility index (Phi) is 9.21. The number of benzene rings is 1. The minimum absolute atomic E-state index is 0.0224. The third-order valence-corrected chi connectivity index (χ3v) is 5.06. The smallest absolute Gasteiger partial charge is 0.251 e. The predicted octanol–water partition coefficient (Wildman–Crippen LogP) is 2.04. The number of nitrogens with one attached hydrogen (secondary N) is 2. The van der Waals surface area contributed by atoms with E-state index in [0.717, 1.165) is 31.2 Å². The van der Waals surface area contributed by atoms with Crippen molar-refractivity contribution in [1.29, 1.82) is 0 Å². The van der Waals surface area contributed by atoms with Crippen molar-refractivity contribution >= 4 is 5.91 Å². The van der Waals surface area contributed by atoms with Crippen LogP contribution in [0.25, 0.3) is 0 Å². The van der Waals surface area contributed by atoms with Crippen LogP contribution in [-0.4, -0.2) is 62.7 Å². The molecule has 0 spiro atoms. The van der Waals surface area contributed by atoms with Gasteiger partial charge in [0.1, 0.15) is 0 Å². The highest BCUT2D eigenvalue weighted by Crippen LogP contribution is 2.28. The first-order valence-corrected chi connectivity index (χ1v) is 9.89. The van der Waals surface area contributed by atoms with Crippen molar-refractivity contribution in [2.24, 2.45) is 0 Å². The molecule has 0 aliphatic heterocycles. The fraction of sp³-hybridized carbons (Fsp3) is 0.667. The summed E-state index contributed by atoms with van der Waals surface area (Å²) in [5.74, 6) is -0.0224. The zero-order valence-electron chi connectivity index (χ0n) is 16.6. The van der Waals surface area contributed by atoms with E-state index in [0.29, 0.717) is 31.9 Å². The van der Waals surface area contributed by atoms with Gasteiger partial charge in [-0.3, -0.25) is 4.79 Å². The molecule has 1 unspecified atom stereocenters. The molecule has 1 aliphatic carbocycles. The number of carbonyl (C=O) groups excluding carboxylic acids is 1. The summed E-state index contributed by atoms with van der Waals surface area (Å²) in [6.07, 6.45) is 4.76. The molecule has 27 heavy (non-hydrogen) atoms. The van der Waals surface area contributed by atoms with Gasteiger partial charge in [0.2, 0.25) is 0 Å². The monoisotopic (exact) mass is 378 g/mol. The minimum atomic E-state index is -0.574. The van der Waals surface area contributed by atoms with Crippen molar-refractivity contribution in [1.82, 2.24) is 10.6 Å². The van der Waals surface area contributed by atoms with Gasteiger partial charge in [-0.05, 0) is 31.9 Å². The van der Waals surface area contributed by atoms with Crippen molar-refractivity contribution in [3.05, 3.63) is 35.4 Å². The van der Waals surface area contributed by atoms with Gasteiger partial charge in [-0.25, -0.2) is 0 Å². The Hall–Kier alpha value is -1.47. The first-order chi connectivity index (χ1) is 13.0. The van der Waals surface area contributed by atoms with Gasteiger partial charge in [-0.1, -0.05) is 37.0 Å². The molecule has 1 aromatic carbocycles. The number of rotatable bonds is 11. The van der Waals surface area contributed by atoms with Gasteiger partial charge in [0.25, 0.3) is 5.91 Å². The van der Waals surface area contributed by atoms with Crippen LogP contribution in [0.3, 0.4) is 0 Å². The number of aliphatic hydroxyl groups excluding tert-OH is 1. The van der Waals surface area contributed by atoms with Gasteiger partial charge >= 0.3 is 0 Å². The second kappa shape index (κ2) is 11.4. The zero-order chi connectivity index (χ0) is 19.5. The Labute approximate surface area is 162 Å². The quantitative estimate of drug-likeness (QED) is 0.514. The van der Waals surface area contributed by atoms with Gasteiger partial charge in [0.05, 0.1) is 31.5 Å². The van der Waals surface area contributed by atoms with E-state index in [1.165, 1.54) is 6.42 Å². The SMILES string of the molecule is COCCOCC(O)CNCC1(NC(=O)c2cccc(C)c2)CCCCC1. The molecule has 0 bridgehead atoms. The molecule has 6 heteroatoms. The highest BCUT2D eigenvalue weighted by molar-refractivity contribution is 5.94. The summed E-state index contributed by atoms with van der Waals surface area (Å²) in [5, 5.41) is 16.6. The first-order valence-electron chi connectivity index (χ1n) is 9.89. The number of carbonyl (C=O) groups is 1. The molecule has 1 saturated carbocycles. The minimum Gasteiger partial charge on any atom is -0.389 e. The third-order valence-electron chi connectivity index (χ3n) is 5.06. The molecule has 2 rings (SSSR count). The summed E-state index contributed by atoms with van der Waals surface area (Å²) < 4.78 is 10.3. The molecule has 6 nitrogen and oxygen atoms in total. The molecule has 1 amide bonds. The van der Waals surface area contributed by atoms with E-state index in [1.807, 2.05) is 31.2 Å². The van der Waals surface area contributed by atoms with Crippen molar-refractivity contribution in [3.63, 3.8) is 0 Å². The van der Waals surface area contributed by atoms with Crippen LogP contribution < -0.4 is 10.6 Å². The summed E-state index contributed by atoms with van der Waals surface area (Å²) in [7, 11) is 1.62. The number of amides is 1. The molecule has 1 aromatic rings. The average Bonchev–Trinajstić information content (AvgIpc) is 2.66. The van der Waals surface area contributed by atoms with Crippen LogP contribution in [0.15, 0.2) is 24.3 Å². The molecule has 152 valence electrons. The topological polar surface area (TPSA) is 79.8 Å². The Morgan fingerprint density at radius 3 is 2.74 bits per heavy atom. The van der Waals surface area contributed by atoms with Crippen LogP contribution in [0.1, 0.15) is 48.0 Å². The number of ether oxygens (including phenoxy) is 2. The van der Waals surface area contributed by atoms with E-state index in [2.05, 4.69) is 10.6 Å². The maximum atomic E-state index is 12.8. The Morgan fingerprint density at radius 2 is 2.04 bits per heavy atom. The lowest BCUT2D eigenvalue weighted by Gasteiger charge is -2.38. The van der Waals surface area contributed by atoms with Crippen LogP contribution in [-0.2, 0) is 9.47 Å². The van der Waals surface area contributed by atoms with Gasteiger partial charge in [-0.15, -0.1) is 0 Å². The molecule has 0 aromatic heterocycles. The Balaban J connectivity index is 1.85. The largest absolute Gasteiger partial charge is 0.389 e. The van der Waals surface area contributed by atoms with Gasteiger partial charge in [0.15, 0.2) is 0 Å². The second-order valence-electron chi connectivity index (χ2n) is 7.52. The van der Waals surface area contributed by atoms with E-state index in [9.17, 15) is 9.90 Å². The van der Waals surface area contributed by atoms with E-state index in [4.69, 9.17) is 9.47 Å². The lowest BCUT2D eigenvalue weighted by Crippen LogP contribution is -2.56. The fourth-order valence-corrected chi connectivity index (χ4v) is 3.57. The van der Waals surface area contributed by atoms with E-state index < -0.39 is 6.10 Å². The second-order valence-corrected chi connectivity index (χ2v) is 7.52. The Bertz CT molecular complexity index is 573. The van der Waals surface area contributed by atoms with Crippen LogP contribution in [0, 0.1) is 6.92 Å². The first kappa shape index (κ1) is 21.8. The molecule has 0 saturated heterocycles.